The van der Waals surface area contributed by atoms with E-state index >= 15 is 0 Å². The zero-order valence-corrected chi connectivity index (χ0v) is 19.4. The molecule has 33 heavy (non-hydrogen) atoms. The summed E-state index contributed by atoms with van der Waals surface area (Å²) in [6.45, 7) is 8.24. The van der Waals surface area contributed by atoms with Gasteiger partial charge < -0.3 is 5.73 Å². The molecule has 1 aliphatic heterocycles. The predicted octanol–water partition coefficient (Wildman–Crippen LogP) is 4.27. The van der Waals surface area contributed by atoms with E-state index in [0.717, 1.165) is 30.5 Å². The second-order valence-electron chi connectivity index (χ2n) is 9.53. The average Bonchev–Trinajstić information content (AvgIpc) is 3.43. The van der Waals surface area contributed by atoms with Crippen LogP contribution in [-0.4, -0.2) is 49.4 Å². The number of fused-ring (bicyclic) bond motifs is 2. The van der Waals surface area contributed by atoms with E-state index in [1.807, 2.05) is 40.8 Å². The lowest BCUT2D eigenvalue weighted by atomic mass is 9.99. The maximum atomic E-state index is 12.9. The number of likely N-dealkylation sites (tertiary alicyclic amines) is 1. The van der Waals surface area contributed by atoms with Crippen LogP contribution in [0.1, 0.15) is 55.6 Å². The normalized spacial score (nSPS) is 17.9. The van der Waals surface area contributed by atoms with Gasteiger partial charge >= 0.3 is 0 Å². The van der Waals surface area contributed by atoms with Gasteiger partial charge in [-0.3, -0.25) is 14.1 Å². The molecule has 1 fully saturated rings. The van der Waals surface area contributed by atoms with Crippen molar-refractivity contribution >= 4 is 22.3 Å². The molecule has 1 aromatic carbocycles. The largest absolute Gasteiger partial charge is 0.326 e. The number of pyridine rings is 2. The van der Waals surface area contributed by atoms with Crippen molar-refractivity contribution in [2.24, 2.45) is 11.7 Å². The van der Waals surface area contributed by atoms with Crippen LogP contribution in [0.3, 0.4) is 0 Å². The summed E-state index contributed by atoms with van der Waals surface area (Å²) in [6.07, 6.45) is 3.63. The highest BCUT2D eigenvalue weighted by Gasteiger charge is 2.25. The number of para-hydroxylation sites is 1. The van der Waals surface area contributed by atoms with Crippen molar-refractivity contribution in [3.8, 4) is 11.5 Å². The van der Waals surface area contributed by atoms with Crippen LogP contribution in [0.5, 0.6) is 0 Å². The van der Waals surface area contributed by atoms with Gasteiger partial charge in [0.15, 0.2) is 17.3 Å². The summed E-state index contributed by atoms with van der Waals surface area (Å²) in [6, 6.07) is 14.3. The Bertz CT molecular complexity index is 1330. The molecule has 170 valence electrons. The smallest absolute Gasteiger partial charge is 0.187 e. The standard InChI is InChI=1S/C26H30N6O/c1-16(2)13-23(33)21-6-4-5-18-7-9-22(28-25(18)21)26-30-29-24-10-8-19(14-32(24)26)17(3)31-12-11-20(27)15-31/h4-10,14,16-17,20H,11-13,15,27H2,1-3H3/t17-,20-/m0/s1. The number of carbonyl (C=O) groups is 1. The van der Waals surface area contributed by atoms with E-state index in [2.05, 4.69) is 48.1 Å². The monoisotopic (exact) mass is 442 g/mol. The molecule has 2 atom stereocenters. The minimum Gasteiger partial charge on any atom is -0.326 e. The molecular weight excluding hydrogens is 412 g/mol. The Morgan fingerprint density at radius 1 is 1.12 bits per heavy atom. The predicted molar refractivity (Wildman–Crippen MR) is 130 cm³/mol. The Labute approximate surface area is 193 Å². The first kappa shape index (κ1) is 21.7. The Balaban J connectivity index is 1.56. The number of ketones is 1. The highest BCUT2D eigenvalue weighted by molar-refractivity contribution is 6.07. The molecule has 0 unspecified atom stereocenters. The zero-order valence-electron chi connectivity index (χ0n) is 19.4. The maximum Gasteiger partial charge on any atom is 0.187 e. The van der Waals surface area contributed by atoms with Crippen LogP contribution in [0.4, 0.5) is 0 Å². The van der Waals surface area contributed by atoms with Crippen molar-refractivity contribution in [2.75, 3.05) is 13.1 Å². The molecule has 7 heteroatoms. The van der Waals surface area contributed by atoms with E-state index in [9.17, 15) is 4.79 Å². The number of Topliss-reactive ketones (excluding diaryl/α,β-unsaturated/α-hetero) is 1. The number of rotatable bonds is 6. The lowest BCUT2D eigenvalue weighted by Gasteiger charge is -2.24. The molecule has 1 saturated heterocycles. The molecule has 4 aromatic rings. The van der Waals surface area contributed by atoms with Gasteiger partial charge in [0.2, 0.25) is 0 Å². The zero-order chi connectivity index (χ0) is 23.1. The van der Waals surface area contributed by atoms with Crippen molar-refractivity contribution in [2.45, 2.75) is 45.7 Å². The first-order valence-electron chi connectivity index (χ1n) is 11.7. The molecule has 0 radical (unpaired) electrons. The van der Waals surface area contributed by atoms with Gasteiger partial charge in [-0.1, -0.05) is 38.1 Å². The Hall–Kier alpha value is -3.16. The lowest BCUT2D eigenvalue weighted by molar-refractivity contribution is 0.0969. The number of benzene rings is 1. The first-order chi connectivity index (χ1) is 15.9. The molecule has 2 N–H and O–H groups in total. The van der Waals surface area contributed by atoms with Gasteiger partial charge in [-0.15, -0.1) is 10.2 Å². The van der Waals surface area contributed by atoms with Gasteiger partial charge in [0.25, 0.3) is 0 Å². The van der Waals surface area contributed by atoms with Gasteiger partial charge in [0.05, 0.1) is 5.52 Å². The topological polar surface area (TPSA) is 89.4 Å². The Morgan fingerprint density at radius 2 is 1.97 bits per heavy atom. The van der Waals surface area contributed by atoms with E-state index in [4.69, 9.17) is 10.7 Å². The maximum absolute atomic E-state index is 12.9. The van der Waals surface area contributed by atoms with Crippen LogP contribution in [-0.2, 0) is 0 Å². The van der Waals surface area contributed by atoms with Crippen LogP contribution in [0, 0.1) is 5.92 Å². The quantitative estimate of drug-likeness (QED) is 0.449. The fourth-order valence-electron chi connectivity index (χ4n) is 4.68. The second kappa shape index (κ2) is 8.65. The van der Waals surface area contributed by atoms with E-state index in [1.165, 1.54) is 5.56 Å². The summed E-state index contributed by atoms with van der Waals surface area (Å²) < 4.78 is 1.99. The van der Waals surface area contributed by atoms with Crippen molar-refractivity contribution in [3.05, 3.63) is 59.8 Å². The average molecular weight is 443 g/mol. The third-order valence-electron chi connectivity index (χ3n) is 6.55. The number of hydrogen-bond acceptors (Lipinski definition) is 6. The van der Waals surface area contributed by atoms with Gasteiger partial charge in [0, 0.05) is 48.7 Å². The summed E-state index contributed by atoms with van der Waals surface area (Å²) in [5.74, 6) is 1.08. The summed E-state index contributed by atoms with van der Waals surface area (Å²) in [4.78, 5) is 20.2. The van der Waals surface area contributed by atoms with Gasteiger partial charge in [-0.25, -0.2) is 4.98 Å². The molecular formula is C26H30N6O. The van der Waals surface area contributed by atoms with Gasteiger partial charge in [-0.05, 0) is 43.0 Å². The molecule has 0 aliphatic carbocycles. The Kier molecular flexibility index (Phi) is 5.68. The lowest BCUT2D eigenvalue weighted by Crippen LogP contribution is -2.28. The minimum absolute atomic E-state index is 0.117. The number of carbonyl (C=O) groups excluding carboxylic acids is 1. The summed E-state index contributed by atoms with van der Waals surface area (Å²) in [5, 5.41) is 9.74. The molecule has 5 rings (SSSR count). The van der Waals surface area contributed by atoms with Crippen molar-refractivity contribution in [1.82, 2.24) is 24.5 Å². The van der Waals surface area contributed by atoms with E-state index in [1.54, 1.807) is 0 Å². The molecule has 0 bridgehead atoms. The number of hydrogen-bond donors (Lipinski definition) is 1. The molecule has 0 saturated carbocycles. The SMILES string of the molecule is CC(C)CC(=O)c1cccc2ccc(-c3nnc4ccc([C@H](C)N5CC[C@H](N)C5)cn34)nc12. The van der Waals surface area contributed by atoms with Crippen LogP contribution < -0.4 is 5.73 Å². The third kappa shape index (κ3) is 4.14. The van der Waals surface area contributed by atoms with E-state index in [0.29, 0.717) is 34.9 Å². The second-order valence-corrected chi connectivity index (χ2v) is 9.53. The molecule has 3 aromatic heterocycles. The summed E-state index contributed by atoms with van der Waals surface area (Å²) in [5.41, 5.74) is 10.2. The van der Waals surface area contributed by atoms with Gasteiger partial charge in [-0.2, -0.15) is 0 Å². The van der Waals surface area contributed by atoms with Crippen LogP contribution in [0.15, 0.2) is 48.7 Å². The fraction of sp³-hybridized carbons (Fsp3) is 0.385. The Morgan fingerprint density at radius 3 is 2.73 bits per heavy atom. The first-order valence-corrected chi connectivity index (χ1v) is 11.7. The fourth-order valence-corrected chi connectivity index (χ4v) is 4.68. The highest BCUT2D eigenvalue weighted by Crippen LogP contribution is 2.27. The van der Waals surface area contributed by atoms with Crippen LogP contribution in [0.2, 0.25) is 0 Å². The van der Waals surface area contributed by atoms with Crippen molar-refractivity contribution in [1.29, 1.82) is 0 Å². The van der Waals surface area contributed by atoms with E-state index in [-0.39, 0.29) is 17.9 Å². The molecule has 0 spiro atoms. The van der Waals surface area contributed by atoms with Crippen LogP contribution >= 0.6 is 0 Å². The molecule has 4 heterocycles. The number of nitrogens with zero attached hydrogens (tertiary/aromatic N) is 5. The third-order valence-corrected chi connectivity index (χ3v) is 6.55. The van der Waals surface area contributed by atoms with Crippen molar-refractivity contribution < 1.29 is 4.79 Å². The highest BCUT2D eigenvalue weighted by atomic mass is 16.1. The number of aromatic nitrogens is 4. The minimum atomic E-state index is 0.117. The van der Waals surface area contributed by atoms with Crippen LogP contribution in [0.25, 0.3) is 28.1 Å². The molecule has 0 amide bonds. The van der Waals surface area contributed by atoms with Crippen molar-refractivity contribution in [3.63, 3.8) is 0 Å². The van der Waals surface area contributed by atoms with Gasteiger partial charge in [0.1, 0.15) is 5.69 Å². The molecule has 1 aliphatic rings. The van der Waals surface area contributed by atoms with E-state index < -0.39 is 0 Å². The number of nitrogens with two attached hydrogens (primary N) is 1. The summed E-state index contributed by atoms with van der Waals surface area (Å²) >= 11 is 0. The molecule has 7 nitrogen and oxygen atoms in total. The summed E-state index contributed by atoms with van der Waals surface area (Å²) in [7, 11) is 0.